The average Bonchev–Trinajstić information content (AvgIpc) is 2.46. The van der Waals surface area contributed by atoms with Crippen LogP contribution in [0.4, 0.5) is 0 Å². The molecule has 0 amide bonds. The molecule has 0 heterocycles. The number of carboxylic acids is 1. The number of hydrogen-bond donors (Lipinski definition) is 2. The fourth-order valence-corrected chi connectivity index (χ4v) is 1.67. The van der Waals surface area contributed by atoms with E-state index in [-0.39, 0.29) is 48.7 Å². The van der Waals surface area contributed by atoms with Gasteiger partial charge in [-0.2, -0.15) is 0 Å². The summed E-state index contributed by atoms with van der Waals surface area (Å²) in [7, 11) is 0. The van der Waals surface area contributed by atoms with Gasteiger partial charge in [-0.25, -0.2) is 0 Å². The van der Waals surface area contributed by atoms with Crippen LogP contribution in [-0.4, -0.2) is 52.8 Å². The van der Waals surface area contributed by atoms with Crippen LogP contribution in [-0.2, 0) is 4.79 Å². The van der Waals surface area contributed by atoms with Crippen molar-refractivity contribution in [2.75, 3.05) is 19.8 Å². The molecule has 2 N–H and O–H groups in total. The second-order valence-corrected chi connectivity index (χ2v) is 4.90. The quantitative estimate of drug-likeness (QED) is 0.188. The van der Waals surface area contributed by atoms with Crippen molar-refractivity contribution in [2.45, 2.75) is 52.0 Å². The van der Waals surface area contributed by atoms with Crippen molar-refractivity contribution >= 4 is 11.9 Å². The first kappa shape index (κ1) is 23.9. The Kier molecular flexibility index (Phi) is 16.8. The van der Waals surface area contributed by atoms with E-state index in [1.54, 1.807) is 11.8 Å². The summed E-state index contributed by atoms with van der Waals surface area (Å²) in [5.74, 6) is -1.18. The van der Waals surface area contributed by atoms with Crippen LogP contribution in [0.3, 0.4) is 0 Å². The van der Waals surface area contributed by atoms with Crippen LogP contribution < -0.4 is 34.7 Å². The minimum Gasteiger partial charge on any atom is -0.862 e. The van der Waals surface area contributed by atoms with Gasteiger partial charge in [0.15, 0.2) is 0 Å². The maximum atomic E-state index is 11.6. The number of carbonyl (C=O) groups is 1. The van der Waals surface area contributed by atoms with Crippen molar-refractivity contribution in [2.24, 2.45) is 4.99 Å². The number of hydrogen-bond acceptors (Lipinski definition) is 5. The summed E-state index contributed by atoms with van der Waals surface area (Å²) in [6.45, 7) is 4.09. The van der Waals surface area contributed by atoms with Gasteiger partial charge in [0.05, 0.1) is 6.67 Å². The molecule has 0 radical (unpaired) electrons. The number of nitrogens with zero attached hydrogens (tertiary/aromatic N) is 2. The Bertz CT molecular complexity index is 348. The summed E-state index contributed by atoms with van der Waals surface area (Å²) in [6.07, 6.45) is 7.58. The number of aliphatic carboxylic acids is 1. The largest absolute Gasteiger partial charge is 1.00 e. The maximum absolute atomic E-state index is 11.6. The first-order chi connectivity index (χ1) is 10.0. The summed E-state index contributed by atoms with van der Waals surface area (Å²) < 4.78 is 0. The van der Waals surface area contributed by atoms with E-state index in [2.05, 4.69) is 11.9 Å². The van der Waals surface area contributed by atoms with Gasteiger partial charge in [0.2, 0.25) is 0 Å². The molecule has 0 aromatic carbocycles. The van der Waals surface area contributed by atoms with Crippen molar-refractivity contribution in [1.82, 2.24) is 4.90 Å². The van der Waals surface area contributed by atoms with Crippen LogP contribution in [0.1, 0.15) is 46.0 Å². The van der Waals surface area contributed by atoms with E-state index in [0.29, 0.717) is 25.8 Å². The Morgan fingerprint density at radius 1 is 1.36 bits per heavy atom. The van der Waals surface area contributed by atoms with E-state index in [0.717, 1.165) is 12.8 Å². The molecule has 6 nitrogen and oxygen atoms in total. The molecule has 1 unspecified atom stereocenters. The van der Waals surface area contributed by atoms with E-state index in [1.165, 1.54) is 0 Å². The Hall–Kier alpha value is -0.400. The molecule has 0 saturated carbocycles. The van der Waals surface area contributed by atoms with Crippen molar-refractivity contribution in [1.29, 1.82) is 0 Å². The Morgan fingerprint density at radius 2 is 2.00 bits per heavy atom. The van der Waals surface area contributed by atoms with E-state index in [9.17, 15) is 9.90 Å². The monoisotopic (exact) mass is 322 g/mol. The Balaban J connectivity index is 0. The van der Waals surface area contributed by atoms with E-state index < -0.39 is 12.0 Å². The van der Waals surface area contributed by atoms with Gasteiger partial charge in [-0.05, 0) is 38.5 Å². The molecule has 0 rings (SSSR count). The first-order valence-corrected chi connectivity index (χ1v) is 7.46. The fraction of sp³-hybridized carbons (Fsp3) is 0.733. The van der Waals surface area contributed by atoms with Crippen molar-refractivity contribution in [3.05, 3.63) is 12.2 Å². The van der Waals surface area contributed by atoms with Gasteiger partial charge >= 0.3 is 35.5 Å². The van der Waals surface area contributed by atoms with Crippen molar-refractivity contribution in [3.8, 4) is 0 Å². The molecule has 0 aromatic heterocycles. The molecule has 122 valence electrons. The van der Waals surface area contributed by atoms with Gasteiger partial charge in [0.1, 0.15) is 6.04 Å². The Labute approximate surface area is 155 Å². The number of allylic oxidation sites excluding steroid dienone is 2. The standard InChI is InChI=1S/C15H28N2O4.Na/c1-3-4-5-6-7-9-14(19)16-12-17(10-8-11-18)13(2)15(20)21;/h5-6,13,18H,3-4,7-12H2,1-2H3,(H,16,19)(H,20,21);/q;+1/p-1/b6-5+;. The number of rotatable bonds is 12. The molecular formula is C15H27N2NaO4. The molecule has 0 saturated heterocycles. The smallest absolute Gasteiger partial charge is 0.862 e. The van der Waals surface area contributed by atoms with E-state index in [4.69, 9.17) is 10.2 Å². The zero-order valence-corrected chi connectivity index (χ0v) is 16.0. The van der Waals surface area contributed by atoms with Crippen LogP contribution in [0.2, 0.25) is 0 Å². The zero-order valence-electron chi connectivity index (χ0n) is 14.0. The van der Waals surface area contributed by atoms with Gasteiger partial charge < -0.3 is 15.3 Å². The van der Waals surface area contributed by atoms with Crippen LogP contribution in [0, 0.1) is 0 Å². The summed E-state index contributed by atoms with van der Waals surface area (Å²) in [4.78, 5) is 16.5. The predicted octanol–water partition coefficient (Wildman–Crippen LogP) is -2.00. The molecule has 1 atom stereocenters. The molecule has 22 heavy (non-hydrogen) atoms. The van der Waals surface area contributed by atoms with E-state index >= 15 is 0 Å². The number of aliphatic hydroxyl groups is 1. The second-order valence-electron chi connectivity index (χ2n) is 4.90. The third-order valence-electron chi connectivity index (χ3n) is 3.08. The molecule has 0 aromatic rings. The molecule has 0 aliphatic rings. The van der Waals surface area contributed by atoms with E-state index in [1.807, 2.05) is 12.2 Å². The van der Waals surface area contributed by atoms with Crippen molar-refractivity contribution < 1.29 is 49.7 Å². The maximum Gasteiger partial charge on any atom is 1.00 e. The van der Waals surface area contributed by atoms with Crippen LogP contribution in [0.25, 0.3) is 0 Å². The fourth-order valence-electron chi connectivity index (χ4n) is 1.67. The third-order valence-corrected chi connectivity index (χ3v) is 3.08. The van der Waals surface area contributed by atoms with Gasteiger partial charge in [0.25, 0.3) is 0 Å². The number of aliphatic hydroxyl groups excluding tert-OH is 1. The molecular weight excluding hydrogens is 295 g/mol. The molecule has 0 spiro atoms. The topological polar surface area (TPSA) is 96.2 Å². The summed E-state index contributed by atoms with van der Waals surface area (Å²) in [5, 5.41) is 29.4. The second kappa shape index (κ2) is 15.5. The van der Waals surface area contributed by atoms with Crippen LogP contribution in [0.15, 0.2) is 17.1 Å². The number of carboxylic acid groups (broad SMARTS) is 1. The summed E-state index contributed by atoms with van der Waals surface area (Å²) >= 11 is 0. The summed E-state index contributed by atoms with van der Waals surface area (Å²) in [6, 6.07) is -0.724. The van der Waals surface area contributed by atoms with Gasteiger partial charge in [0, 0.05) is 13.2 Å². The summed E-state index contributed by atoms with van der Waals surface area (Å²) in [5.41, 5.74) is 0. The van der Waals surface area contributed by atoms with Crippen LogP contribution in [0.5, 0.6) is 0 Å². The zero-order chi connectivity index (χ0) is 16.1. The normalized spacial score (nSPS) is 13.4. The number of aliphatic imine (C=N–C) groups is 1. The van der Waals surface area contributed by atoms with Gasteiger partial charge in [-0.3, -0.25) is 14.7 Å². The number of unbranched alkanes of at least 4 members (excludes halogenated alkanes) is 1. The minimum absolute atomic E-state index is 0. The van der Waals surface area contributed by atoms with Gasteiger partial charge in [-0.1, -0.05) is 25.5 Å². The minimum atomic E-state index is -0.960. The van der Waals surface area contributed by atoms with Crippen LogP contribution >= 0.6 is 0 Å². The molecule has 0 bridgehead atoms. The molecule has 0 aliphatic carbocycles. The molecule has 7 heteroatoms. The SMILES string of the molecule is CCC/C=C/CCC([O-])=NCN(CCCO)C(C)C(=O)O.[Na+]. The third kappa shape index (κ3) is 12.2. The predicted molar refractivity (Wildman–Crippen MR) is 81.1 cm³/mol. The van der Waals surface area contributed by atoms with Gasteiger partial charge in [-0.15, -0.1) is 0 Å². The average molecular weight is 322 g/mol. The van der Waals surface area contributed by atoms with Crippen molar-refractivity contribution in [3.63, 3.8) is 0 Å². The first-order valence-electron chi connectivity index (χ1n) is 7.46. The molecule has 0 fully saturated rings. The molecule has 0 aliphatic heterocycles. The Morgan fingerprint density at radius 3 is 2.55 bits per heavy atom.